The number of carbonyl (C=O) groups is 1. The minimum atomic E-state index is -3.91. The molecule has 1 unspecified atom stereocenters. The Morgan fingerprint density at radius 3 is 2.60 bits per heavy atom. The van der Waals surface area contributed by atoms with E-state index in [2.05, 4.69) is 5.32 Å². The molecule has 1 aromatic carbocycles. The van der Waals surface area contributed by atoms with Crippen molar-refractivity contribution >= 4 is 21.6 Å². The van der Waals surface area contributed by atoms with Crippen LogP contribution in [0.1, 0.15) is 26.7 Å². The second kappa shape index (κ2) is 6.71. The maximum absolute atomic E-state index is 11.9. The van der Waals surface area contributed by atoms with Gasteiger partial charge in [0.15, 0.2) is 0 Å². The van der Waals surface area contributed by atoms with E-state index in [-0.39, 0.29) is 22.5 Å². The van der Waals surface area contributed by atoms with Crippen molar-refractivity contribution in [2.75, 3.05) is 12.4 Å². The van der Waals surface area contributed by atoms with Gasteiger partial charge in [0.05, 0.1) is 7.11 Å². The largest absolute Gasteiger partial charge is 0.495 e. The molecule has 6 nitrogen and oxygen atoms in total. The van der Waals surface area contributed by atoms with Gasteiger partial charge in [-0.3, -0.25) is 4.79 Å². The SMILES string of the molecule is CCCC(C)C(=O)Nc1ccc(OC)c(S(N)(=O)=O)c1. The summed E-state index contributed by atoms with van der Waals surface area (Å²) in [4.78, 5) is 11.7. The van der Waals surface area contributed by atoms with E-state index < -0.39 is 10.0 Å². The summed E-state index contributed by atoms with van der Waals surface area (Å²) < 4.78 is 27.9. The Kier molecular flexibility index (Phi) is 5.52. The second-order valence-electron chi connectivity index (χ2n) is 4.59. The average Bonchev–Trinajstić information content (AvgIpc) is 2.37. The van der Waals surface area contributed by atoms with Gasteiger partial charge in [-0.05, 0) is 24.6 Å². The van der Waals surface area contributed by atoms with E-state index in [1.54, 1.807) is 6.07 Å². The van der Waals surface area contributed by atoms with E-state index in [0.29, 0.717) is 5.69 Å². The topological polar surface area (TPSA) is 98.5 Å². The average molecular weight is 300 g/mol. The lowest BCUT2D eigenvalue weighted by atomic mass is 10.1. The molecule has 1 aromatic rings. The van der Waals surface area contributed by atoms with Gasteiger partial charge in [0.2, 0.25) is 15.9 Å². The van der Waals surface area contributed by atoms with Gasteiger partial charge in [-0.2, -0.15) is 0 Å². The Morgan fingerprint density at radius 1 is 1.45 bits per heavy atom. The van der Waals surface area contributed by atoms with Crippen LogP contribution in [0.2, 0.25) is 0 Å². The number of carbonyl (C=O) groups excluding carboxylic acids is 1. The van der Waals surface area contributed by atoms with Crippen LogP contribution >= 0.6 is 0 Å². The molecule has 20 heavy (non-hydrogen) atoms. The normalized spacial score (nSPS) is 12.8. The molecular weight excluding hydrogens is 280 g/mol. The fraction of sp³-hybridized carbons (Fsp3) is 0.462. The zero-order valence-corrected chi connectivity index (χ0v) is 12.7. The summed E-state index contributed by atoms with van der Waals surface area (Å²) in [6.45, 7) is 3.82. The zero-order chi connectivity index (χ0) is 15.3. The quantitative estimate of drug-likeness (QED) is 0.835. The van der Waals surface area contributed by atoms with Crippen LogP contribution in [0.3, 0.4) is 0 Å². The molecule has 7 heteroatoms. The molecule has 0 radical (unpaired) electrons. The van der Waals surface area contributed by atoms with Crippen LogP contribution < -0.4 is 15.2 Å². The molecule has 0 spiro atoms. The van der Waals surface area contributed by atoms with E-state index in [1.807, 2.05) is 13.8 Å². The van der Waals surface area contributed by atoms with Crippen molar-refractivity contribution in [3.05, 3.63) is 18.2 Å². The van der Waals surface area contributed by atoms with Crippen molar-refractivity contribution in [3.63, 3.8) is 0 Å². The number of amides is 1. The molecule has 0 aliphatic heterocycles. The lowest BCUT2D eigenvalue weighted by molar-refractivity contribution is -0.119. The molecule has 0 heterocycles. The number of sulfonamides is 1. The van der Waals surface area contributed by atoms with E-state index in [9.17, 15) is 13.2 Å². The van der Waals surface area contributed by atoms with Crippen molar-refractivity contribution in [1.82, 2.24) is 0 Å². The van der Waals surface area contributed by atoms with E-state index >= 15 is 0 Å². The van der Waals surface area contributed by atoms with Crippen LogP contribution in [0.4, 0.5) is 5.69 Å². The minimum absolute atomic E-state index is 0.139. The number of anilines is 1. The van der Waals surface area contributed by atoms with Gasteiger partial charge < -0.3 is 10.1 Å². The maximum Gasteiger partial charge on any atom is 0.241 e. The molecule has 0 fully saturated rings. The van der Waals surface area contributed by atoms with E-state index in [1.165, 1.54) is 19.2 Å². The number of methoxy groups -OCH3 is 1. The number of hydrogen-bond donors (Lipinski definition) is 2. The Hall–Kier alpha value is -1.60. The van der Waals surface area contributed by atoms with Crippen molar-refractivity contribution < 1.29 is 17.9 Å². The first kappa shape index (κ1) is 16.5. The van der Waals surface area contributed by atoms with Crippen LogP contribution in [0.5, 0.6) is 5.75 Å². The molecular formula is C13H20N2O4S. The highest BCUT2D eigenvalue weighted by Crippen LogP contribution is 2.26. The summed E-state index contributed by atoms with van der Waals surface area (Å²) in [5.74, 6) is -0.149. The van der Waals surface area contributed by atoms with Crippen LogP contribution in [-0.4, -0.2) is 21.4 Å². The van der Waals surface area contributed by atoms with Gasteiger partial charge in [-0.15, -0.1) is 0 Å². The molecule has 112 valence electrons. The molecule has 0 saturated carbocycles. The lowest BCUT2D eigenvalue weighted by Gasteiger charge is -2.13. The smallest absolute Gasteiger partial charge is 0.241 e. The lowest BCUT2D eigenvalue weighted by Crippen LogP contribution is -2.21. The molecule has 3 N–H and O–H groups in total. The fourth-order valence-corrected chi connectivity index (χ4v) is 2.53. The van der Waals surface area contributed by atoms with Gasteiger partial charge in [-0.25, -0.2) is 13.6 Å². The van der Waals surface area contributed by atoms with Gasteiger partial charge in [0, 0.05) is 11.6 Å². The molecule has 1 atom stereocenters. The van der Waals surface area contributed by atoms with Crippen LogP contribution in [0.15, 0.2) is 23.1 Å². The van der Waals surface area contributed by atoms with Crippen molar-refractivity contribution in [1.29, 1.82) is 0 Å². The Labute approximate surface area is 119 Å². The van der Waals surface area contributed by atoms with Crippen molar-refractivity contribution in [2.45, 2.75) is 31.6 Å². The van der Waals surface area contributed by atoms with Crippen molar-refractivity contribution in [2.24, 2.45) is 11.1 Å². The first-order chi connectivity index (χ1) is 9.29. The number of nitrogens with two attached hydrogens (primary N) is 1. The predicted molar refractivity (Wildman–Crippen MR) is 77.1 cm³/mol. The number of rotatable bonds is 6. The second-order valence-corrected chi connectivity index (χ2v) is 6.12. The summed E-state index contributed by atoms with van der Waals surface area (Å²) in [7, 11) is -2.56. The molecule has 0 aliphatic carbocycles. The number of nitrogens with one attached hydrogen (secondary N) is 1. The number of ether oxygens (including phenoxy) is 1. The summed E-state index contributed by atoms with van der Waals surface area (Å²) in [6, 6.07) is 4.33. The van der Waals surface area contributed by atoms with E-state index in [4.69, 9.17) is 9.88 Å². The van der Waals surface area contributed by atoms with Gasteiger partial charge >= 0.3 is 0 Å². The van der Waals surface area contributed by atoms with Crippen molar-refractivity contribution in [3.8, 4) is 5.75 Å². The minimum Gasteiger partial charge on any atom is -0.495 e. The van der Waals surface area contributed by atoms with E-state index in [0.717, 1.165) is 12.8 Å². The number of hydrogen-bond acceptors (Lipinski definition) is 4. The maximum atomic E-state index is 11.9. The van der Waals surface area contributed by atoms with Crippen LogP contribution in [0, 0.1) is 5.92 Å². The highest BCUT2D eigenvalue weighted by molar-refractivity contribution is 7.89. The Bertz CT molecular complexity index is 584. The fourth-order valence-electron chi connectivity index (χ4n) is 1.81. The van der Waals surface area contributed by atoms with Gasteiger partial charge in [-0.1, -0.05) is 20.3 Å². The molecule has 1 rings (SSSR count). The molecule has 0 aliphatic rings. The van der Waals surface area contributed by atoms with Crippen LogP contribution in [0.25, 0.3) is 0 Å². The number of primary sulfonamides is 1. The summed E-state index contributed by atoms with van der Waals surface area (Å²) in [6.07, 6.45) is 1.67. The third-order valence-electron chi connectivity index (χ3n) is 2.91. The Balaban J connectivity index is 3.02. The molecule has 0 bridgehead atoms. The third-order valence-corrected chi connectivity index (χ3v) is 3.84. The summed E-state index contributed by atoms with van der Waals surface area (Å²) >= 11 is 0. The third kappa shape index (κ3) is 4.21. The number of benzene rings is 1. The highest BCUT2D eigenvalue weighted by atomic mass is 32.2. The monoisotopic (exact) mass is 300 g/mol. The molecule has 1 amide bonds. The Morgan fingerprint density at radius 2 is 2.10 bits per heavy atom. The predicted octanol–water partition coefficient (Wildman–Crippen LogP) is 1.72. The van der Waals surface area contributed by atoms with Gasteiger partial charge in [0.1, 0.15) is 10.6 Å². The molecule has 0 aromatic heterocycles. The summed E-state index contributed by atoms with van der Waals surface area (Å²) in [5.41, 5.74) is 0.378. The summed E-state index contributed by atoms with van der Waals surface area (Å²) in [5, 5.41) is 7.80. The molecule has 0 saturated heterocycles. The first-order valence-corrected chi connectivity index (χ1v) is 7.86. The first-order valence-electron chi connectivity index (χ1n) is 6.31. The van der Waals surface area contributed by atoms with Crippen LogP contribution in [-0.2, 0) is 14.8 Å². The van der Waals surface area contributed by atoms with Gasteiger partial charge in [0.25, 0.3) is 0 Å². The highest BCUT2D eigenvalue weighted by Gasteiger charge is 2.17. The standard InChI is InChI=1S/C13H20N2O4S/c1-4-5-9(2)13(16)15-10-6-7-11(19-3)12(8-10)20(14,17)18/h6-9H,4-5H2,1-3H3,(H,15,16)(H2,14,17,18). The zero-order valence-electron chi connectivity index (χ0n) is 11.8.